The minimum Gasteiger partial charge on any atom is -0.353 e. The fourth-order valence-corrected chi connectivity index (χ4v) is 4.74. The van der Waals surface area contributed by atoms with Crippen molar-refractivity contribution in [1.29, 1.82) is 0 Å². The van der Waals surface area contributed by atoms with Crippen LogP contribution >= 0.6 is 0 Å². The van der Waals surface area contributed by atoms with Crippen molar-refractivity contribution in [2.75, 3.05) is 13.1 Å². The summed E-state index contributed by atoms with van der Waals surface area (Å²) < 4.78 is 27.5. The molecular formula is C20H27N3O3S. The van der Waals surface area contributed by atoms with Crippen LogP contribution < -0.4 is 15.8 Å². The zero-order chi connectivity index (χ0) is 19.3. The van der Waals surface area contributed by atoms with Crippen LogP contribution in [0.2, 0.25) is 0 Å². The average Bonchev–Trinajstić information content (AvgIpc) is 2.68. The van der Waals surface area contributed by atoms with E-state index in [1.54, 1.807) is 18.2 Å². The van der Waals surface area contributed by atoms with Crippen molar-refractivity contribution in [3.05, 3.63) is 42.5 Å². The van der Waals surface area contributed by atoms with Crippen LogP contribution in [-0.4, -0.2) is 33.5 Å². The number of fused-ring (bicyclic) bond motifs is 1. The molecule has 2 aromatic carbocycles. The Balaban J connectivity index is 1.54. The fraction of sp³-hybridized carbons (Fsp3) is 0.450. The first-order valence-electron chi connectivity index (χ1n) is 9.47. The molecule has 2 unspecified atom stereocenters. The Labute approximate surface area is 160 Å². The van der Waals surface area contributed by atoms with Gasteiger partial charge in [-0.15, -0.1) is 0 Å². The molecule has 0 aliphatic heterocycles. The highest BCUT2D eigenvalue weighted by molar-refractivity contribution is 7.89. The van der Waals surface area contributed by atoms with E-state index in [0.717, 1.165) is 36.5 Å². The van der Waals surface area contributed by atoms with E-state index in [1.807, 2.05) is 24.3 Å². The van der Waals surface area contributed by atoms with E-state index in [2.05, 4.69) is 10.0 Å². The summed E-state index contributed by atoms with van der Waals surface area (Å²) in [7, 11) is -3.65. The van der Waals surface area contributed by atoms with Crippen LogP contribution in [0.3, 0.4) is 0 Å². The molecule has 0 spiro atoms. The van der Waals surface area contributed by atoms with E-state index in [4.69, 9.17) is 5.73 Å². The van der Waals surface area contributed by atoms with Gasteiger partial charge in [-0.2, -0.15) is 0 Å². The van der Waals surface area contributed by atoms with Crippen LogP contribution in [0.4, 0.5) is 0 Å². The minimum absolute atomic E-state index is 0.0704. The van der Waals surface area contributed by atoms with Crippen LogP contribution in [0.25, 0.3) is 10.8 Å². The number of carbonyl (C=O) groups is 1. The SMILES string of the molecule is NCC1CCCCC1NC(=O)CCNS(=O)(=O)c1ccc2ccccc2c1. The second-order valence-corrected chi connectivity index (χ2v) is 8.88. The van der Waals surface area contributed by atoms with Crippen molar-refractivity contribution in [2.45, 2.75) is 43.0 Å². The van der Waals surface area contributed by atoms with Gasteiger partial charge < -0.3 is 11.1 Å². The maximum absolute atomic E-state index is 12.5. The molecule has 1 saturated carbocycles. The number of amides is 1. The predicted octanol–water partition coefficient (Wildman–Crippen LogP) is 2.14. The molecule has 1 fully saturated rings. The summed E-state index contributed by atoms with van der Waals surface area (Å²) >= 11 is 0. The van der Waals surface area contributed by atoms with Crippen molar-refractivity contribution in [2.24, 2.45) is 11.7 Å². The second-order valence-electron chi connectivity index (χ2n) is 7.11. The van der Waals surface area contributed by atoms with Crippen LogP contribution in [0.1, 0.15) is 32.1 Å². The maximum Gasteiger partial charge on any atom is 0.240 e. The molecule has 2 atom stereocenters. The summed E-state index contributed by atoms with van der Waals surface area (Å²) in [4.78, 5) is 12.4. The lowest BCUT2D eigenvalue weighted by Crippen LogP contribution is -2.45. The third-order valence-electron chi connectivity index (χ3n) is 5.23. The molecule has 146 valence electrons. The zero-order valence-electron chi connectivity index (χ0n) is 15.4. The van der Waals surface area contributed by atoms with Crippen LogP contribution in [0.5, 0.6) is 0 Å². The largest absolute Gasteiger partial charge is 0.353 e. The van der Waals surface area contributed by atoms with Crippen molar-refractivity contribution < 1.29 is 13.2 Å². The van der Waals surface area contributed by atoms with E-state index in [9.17, 15) is 13.2 Å². The van der Waals surface area contributed by atoms with Crippen molar-refractivity contribution >= 4 is 26.7 Å². The van der Waals surface area contributed by atoms with Gasteiger partial charge in [0, 0.05) is 19.0 Å². The highest BCUT2D eigenvalue weighted by atomic mass is 32.2. The summed E-state index contributed by atoms with van der Waals surface area (Å²) in [6.07, 6.45) is 4.34. The average molecular weight is 390 g/mol. The first kappa shape index (κ1) is 19.8. The lowest BCUT2D eigenvalue weighted by Gasteiger charge is -2.31. The molecule has 0 radical (unpaired) electrons. The predicted molar refractivity (Wildman–Crippen MR) is 107 cm³/mol. The zero-order valence-corrected chi connectivity index (χ0v) is 16.2. The van der Waals surface area contributed by atoms with Crippen molar-refractivity contribution in [3.63, 3.8) is 0 Å². The van der Waals surface area contributed by atoms with Gasteiger partial charge in [0.2, 0.25) is 15.9 Å². The quantitative estimate of drug-likeness (QED) is 0.675. The Morgan fingerprint density at radius 1 is 1.07 bits per heavy atom. The molecule has 0 bridgehead atoms. The molecule has 0 aromatic heterocycles. The molecule has 6 nitrogen and oxygen atoms in total. The molecular weight excluding hydrogens is 362 g/mol. The molecule has 0 heterocycles. The molecule has 1 aliphatic rings. The van der Waals surface area contributed by atoms with Crippen molar-refractivity contribution in [1.82, 2.24) is 10.0 Å². The van der Waals surface area contributed by atoms with Gasteiger partial charge in [0.1, 0.15) is 0 Å². The molecule has 7 heteroatoms. The number of rotatable bonds is 7. The van der Waals surface area contributed by atoms with Crippen LogP contribution in [0, 0.1) is 5.92 Å². The molecule has 2 aromatic rings. The smallest absolute Gasteiger partial charge is 0.240 e. The number of nitrogens with one attached hydrogen (secondary N) is 2. The highest BCUT2D eigenvalue weighted by Crippen LogP contribution is 2.23. The normalized spacial score (nSPS) is 20.5. The van der Waals surface area contributed by atoms with Crippen molar-refractivity contribution in [3.8, 4) is 0 Å². The Bertz CT molecular complexity index is 898. The van der Waals surface area contributed by atoms with Crippen LogP contribution in [-0.2, 0) is 14.8 Å². The van der Waals surface area contributed by atoms with E-state index in [0.29, 0.717) is 12.5 Å². The maximum atomic E-state index is 12.5. The van der Waals surface area contributed by atoms with E-state index >= 15 is 0 Å². The van der Waals surface area contributed by atoms with Gasteiger partial charge in [-0.05, 0) is 48.2 Å². The summed E-state index contributed by atoms with van der Waals surface area (Å²) in [6.45, 7) is 0.639. The third kappa shape index (κ3) is 5.06. The van der Waals surface area contributed by atoms with E-state index in [1.165, 1.54) is 0 Å². The Hall–Kier alpha value is -1.96. The molecule has 4 N–H and O–H groups in total. The lowest BCUT2D eigenvalue weighted by molar-refractivity contribution is -0.122. The summed E-state index contributed by atoms with van der Waals surface area (Å²) in [5, 5.41) is 4.86. The number of hydrogen-bond acceptors (Lipinski definition) is 4. The van der Waals surface area contributed by atoms with Gasteiger partial charge in [-0.25, -0.2) is 13.1 Å². The van der Waals surface area contributed by atoms with E-state index in [-0.39, 0.29) is 29.8 Å². The van der Waals surface area contributed by atoms with Gasteiger partial charge in [0.25, 0.3) is 0 Å². The Morgan fingerprint density at radius 3 is 2.59 bits per heavy atom. The van der Waals surface area contributed by atoms with Gasteiger partial charge >= 0.3 is 0 Å². The molecule has 0 saturated heterocycles. The minimum atomic E-state index is -3.65. The highest BCUT2D eigenvalue weighted by Gasteiger charge is 2.25. The van der Waals surface area contributed by atoms with E-state index < -0.39 is 10.0 Å². The first-order valence-corrected chi connectivity index (χ1v) is 11.0. The van der Waals surface area contributed by atoms with Gasteiger partial charge in [0.15, 0.2) is 0 Å². The molecule has 27 heavy (non-hydrogen) atoms. The molecule has 1 aliphatic carbocycles. The second kappa shape index (κ2) is 8.82. The fourth-order valence-electron chi connectivity index (χ4n) is 3.68. The summed E-state index contributed by atoms with van der Waals surface area (Å²) in [5.74, 6) is 0.179. The molecule has 1 amide bonds. The third-order valence-corrected chi connectivity index (χ3v) is 6.69. The van der Waals surface area contributed by atoms with Gasteiger partial charge in [-0.3, -0.25) is 4.79 Å². The summed E-state index contributed by atoms with van der Waals surface area (Å²) in [6, 6.07) is 12.7. The number of benzene rings is 2. The first-order chi connectivity index (χ1) is 13.0. The van der Waals surface area contributed by atoms with Crippen LogP contribution in [0.15, 0.2) is 47.4 Å². The van der Waals surface area contributed by atoms with Gasteiger partial charge in [-0.1, -0.05) is 43.2 Å². The monoisotopic (exact) mass is 389 g/mol. The standard InChI is InChI=1S/C20H27N3O3S/c21-14-17-7-3-4-8-19(17)23-20(24)11-12-22-27(25,26)18-10-9-15-5-1-2-6-16(15)13-18/h1-2,5-6,9-10,13,17,19,22H,3-4,7-8,11-12,14,21H2,(H,23,24). The summed E-state index contributed by atoms with van der Waals surface area (Å²) in [5.41, 5.74) is 5.79. The lowest BCUT2D eigenvalue weighted by atomic mass is 9.84. The Kier molecular flexibility index (Phi) is 6.46. The number of carbonyl (C=O) groups excluding carboxylic acids is 1. The molecule has 3 rings (SSSR count). The van der Waals surface area contributed by atoms with Gasteiger partial charge in [0.05, 0.1) is 4.90 Å². The Morgan fingerprint density at radius 2 is 1.81 bits per heavy atom. The topological polar surface area (TPSA) is 101 Å². The number of nitrogens with two attached hydrogens (primary N) is 1. The number of sulfonamides is 1. The number of hydrogen-bond donors (Lipinski definition) is 3.